The van der Waals surface area contributed by atoms with E-state index in [9.17, 15) is 4.79 Å². The van der Waals surface area contributed by atoms with E-state index in [2.05, 4.69) is 17.5 Å². The van der Waals surface area contributed by atoms with Crippen molar-refractivity contribution >= 4 is 17.4 Å². The maximum absolute atomic E-state index is 11.8. The summed E-state index contributed by atoms with van der Waals surface area (Å²) in [5, 5.41) is 11.6. The van der Waals surface area contributed by atoms with E-state index in [1.54, 1.807) is 0 Å². The molecule has 1 fully saturated rings. The van der Waals surface area contributed by atoms with E-state index < -0.39 is 5.60 Å². The molecule has 2 aliphatic rings. The minimum atomic E-state index is -0.487. The Morgan fingerprint density at radius 1 is 1.38 bits per heavy atom. The Kier molecular flexibility index (Phi) is 3.42. The predicted molar refractivity (Wildman–Crippen MR) is 80.6 cm³/mol. The number of benzene rings is 1. The molecule has 1 aromatic rings. The lowest BCUT2D eigenvalue weighted by atomic mass is 9.77. The second-order valence-electron chi connectivity index (χ2n) is 5.79. The predicted octanol–water partition coefficient (Wildman–Crippen LogP) is 4.33. The molecule has 1 aliphatic carbocycles. The summed E-state index contributed by atoms with van der Waals surface area (Å²) in [5.74, 6) is 0. The molecule has 0 bridgehead atoms. The maximum atomic E-state index is 11.8. The Bertz CT molecular complexity index is 649. The highest BCUT2D eigenvalue weighted by Crippen LogP contribution is 2.46. The largest absolute Gasteiger partial charge is 0.438 e. The van der Waals surface area contributed by atoms with Crippen molar-refractivity contribution in [3.63, 3.8) is 0 Å². The number of ether oxygens (including phenoxy) is 1. The fourth-order valence-electron chi connectivity index (χ4n) is 3.32. The molecule has 0 saturated heterocycles. The number of fused-ring (bicyclic) bond motifs is 2. The number of nitriles is 1. The van der Waals surface area contributed by atoms with Crippen LogP contribution in [0.15, 0.2) is 24.3 Å². The molecule has 21 heavy (non-hydrogen) atoms. The van der Waals surface area contributed by atoms with Crippen LogP contribution in [0.2, 0.25) is 0 Å². The quantitative estimate of drug-likeness (QED) is 0.779. The van der Waals surface area contributed by atoms with E-state index in [4.69, 9.17) is 10.00 Å². The lowest BCUT2D eigenvalue weighted by Crippen LogP contribution is -2.41. The fraction of sp³-hybridized carbons (Fsp3) is 0.412. The van der Waals surface area contributed by atoms with Crippen LogP contribution in [0.5, 0.6) is 0 Å². The molecule has 1 spiro atoms. The lowest BCUT2D eigenvalue weighted by Gasteiger charge is -2.41. The summed E-state index contributed by atoms with van der Waals surface area (Å²) in [4.78, 5) is 11.8. The lowest BCUT2D eigenvalue weighted by molar-refractivity contribution is -0.0179. The SMILES string of the molecule is C/C(=C/C#N)c1ccc2c(c1)C1(CCCCC1)OC(=O)N2. The van der Waals surface area contributed by atoms with E-state index >= 15 is 0 Å². The van der Waals surface area contributed by atoms with Gasteiger partial charge in [0.2, 0.25) is 0 Å². The highest BCUT2D eigenvalue weighted by molar-refractivity contribution is 5.89. The van der Waals surface area contributed by atoms with Crippen molar-refractivity contribution in [2.75, 3.05) is 5.32 Å². The van der Waals surface area contributed by atoms with Gasteiger partial charge in [-0.05, 0) is 55.9 Å². The van der Waals surface area contributed by atoms with Crippen LogP contribution < -0.4 is 5.32 Å². The van der Waals surface area contributed by atoms with Crippen molar-refractivity contribution in [2.24, 2.45) is 0 Å². The van der Waals surface area contributed by atoms with Crippen molar-refractivity contribution in [3.05, 3.63) is 35.4 Å². The van der Waals surface area contributed by atoms with Crippen LogP contribution in [0.25, 0.3) is 5.57 Å². The number of hydrogen-bond donors (Lipinski definition) is 1. The van der Waals surface area contributed by atoms with Gasteiger partial charge in [-0.3, -0.25) is 5.32 Å². The number of carbonyl (C=O) groups is 1. The first-order valence-electron chi connectivity index (χ1n) is 7.36. The molecular weight excluding hydrogens is 264 g/mol. The first-order valence-corrected chi connectivity index (χ1v) is 7.36. The first-order chi connectivity index (χ1) is 10.1. The van der Waals surface area contributed by atoms with Crippen molar-refractivity contribution in [3.8, 4) is 6.07 Å². The topological polar surface area (TPSA) is 62.1 Å². The third kappa shape index (κ3) is 2.40. The van der Waals surface area contributed by atoms with E-state index in [0.29, 0.717) is 0 Å². The molecule has 0 unspecified atom stereocenters. The van der Waals surface area contributed by atoms with Crippen LogP contribution in [0, 0.1) is 11.3 Å². The minimum absolute atomic E-state index is 0.360. The number of amides is 1. The zero-order valence-corrected chi connectivity index (χ0v) is 12.1. The zero-order valence-electron chi connectivity index (χ0n) is 12.1. The normalized spacial score (nSPS) is 20.2. The molecule has 0 aromatic heterocycles. The van der Waals surface area contributed by atoms with Crippen LogP contribution in [0.1, 0.15) is 50.2 Å². The molecule has 1 aromatic carbocycles. The molecule has 0 radical (unpaired) electrons. The Morgan fingerprint density at radius 3 is 2.86 bits per heavy atom. The Morgan fingerprint density at radius 2 is 2.14 bits per heavy atom. The van der Waals surface area contributed by atoms with Crippen LogP contribution >= 0.6 is 0 Å². The average Bonchev–Trinajstić information content (AvgIpc) is 2.48. The molecule has 1 aliphatic heterocycles. The first kappa shape index (κ1) is 13.7. The second-order valence-corrected chi connectivity index (χ2v) is 5.79. The van der Waals surface area contributed by atoms with Crippen LogP contribution in [0.3, 0.4) is 0 Å². The van der Waals surface area contributed by atoms with Crippen LogP contribution in [-0.2, 0) is 10.3 Å². The van der Waals surface area contributed by atoms with Crippen LogP contribution in [0.4, 0.5) is 10.5 Å². The number of rotatable bonds is 1. The molecule has 0 atom stereocenters. The molecule has 108 valence electrons. The number of nitrogens with one attached hydrogen (secondary N) is 1. The monoisotopic (exact) mass is 282 g/mol. The Labute approximate surface area is 124 Å². The van der Waals surface area contributed by atoms with Gasteiger partial charge in [0.05, 0.1) is 11.8 Å². The number of allylic oxidation sites excluding steroid dienone is 2. The smallest absolute Gasteiger partial charge is 0.412 e. The summed E-state index contributed by atoms with van der Waals surface area (Å²) >= 11 is 0. The third-order valence-corrected chi connectivity index (χ3v) is 4.43. The molecule has 1 saturated carbocycles. The summed E-state index contributed by atoms with van der Waals surface area (Å²) in [6, 6.07) is 7.97. The highest BCUT2D eigenvalue weighted by Gasteiger charge is 2.42. The Balaban J connectivity index is 2.09. The van der Waals surface area contributed by atoms with E-state index in [0.717, 1.165) is 48.1 Å². The van der Waals surface area contributed by atoms with E-state index in [1.807, 2.05) is 19.1 Å². The van der Waals surface area contributed by atoms with Gasteiger partial charge in [-0.15, -0.1) is 0 Å². The number of hydrogen-bond acceptors (Lipinski definition) is 3. The molecule has 1 N–H and O–H groups in total. The van der Waals surface area contributed by atoms with Gasteiger partial charge in [0.1, 0.15) is 5.60 Å². The van der Waals surface area contributed by atoms with Crippen molar-refractivity contribution in [1.29, 1.82) is 5.26 Å². The fourth-order valence-corrected chi connectivity index (χ4v) is 3.32. The summed E-state index contributed by atoms with van der Waals surface area (Å²) < 4.78 is 5.70. The molecule has 4 nitrogen and oxygen atoms in total. The molecule has 3 rings (SSSR count). The third-order valence-electron chi connectivity index (χ3n) is 4.43. The molecule has 1 heterocycles. The molecule has 1 amide bonds. The minimum Gasteiger partial charge on any atom is -0.438 e. The summed E-state index contributed by atoms with van der Waals surface area (Å²) in [5.41, 5.74) is 3.31. The van der Waals surface area contributed by atoms with Crippen molar-refractivity contribution in [2.45, 2.75) is 44.6 Å². The van der Waals surface area contributed by atoms with Gasteiger partial charge >= 0.3 is 6.09 Å². The van der Waals surface area contributed by atoms with E-state index in [-0.39, 0.29) is 6.09 Å². The van der Waals surface area contributed by atoms with Gasteiger partial charge in [0.25, 0.3) is 0 Å². The standard InChI is InChI=1S/C17H18N2O2/c1-12(7-10-18)13-5-6-15-14(11-13)17(21-16(20)19-15)8-3-2-4-9-17/h5-7,11H,2-4,8-9H2,1H3,(H,19,20)/b12-7-. The summed E-state index contributed by atoms with van der Waals surface area (Å²) in [7, 11) is 0. The highest BCUT2D eigenvalue weighted by atomic mass is 16.6. The van der Waals surface area contributed by atoms with Gasteiger partial charge < -0.3 is 4.74 Å². The van der Waals surface area contributed by atoms with Gasteiger partial charge in [-0.2, -0.15) is 5.26 Å². The van der Waals surface area contributed by atoms with Gasteiger partial charge in [-0.1, -0.05) is 12.5 Å². The van der Waals surface area contributed by atoms with Crippen LogP contribution in [-0.4, -0.2) is 6.09 Å². The summed E-state index contributed by atoms with van der Waals surface area (Å²) in [6.45, 7) is 1.92. The number of carbonyl (C=O) groups excluding carboxylic acids is 1. The summed E-state index contributed by atoms with van der Waals surface area (Å²) in [6.07, 6.45) is 6.26. The van der Waals surface area contributed by atoms with E-state index in [1.165, 1.54) is 12.5 Å². The second kappa shape index (κ2) is 5.25. The maximum Gasteiger partial charge on any atom is 0.412 e. The molecular formula is C17H18N2O2. The molecule has 4 heteroatoms. The number of anilines is 1. The van der Waals surface area contributed by atoms with Crippen molar-refractivity contribution < 1.29 is 9.53 Å². The van der Waals surface area contributed by atoms with Crippen molar-refractivity contribution in [1.82, 2.24) is 0 Å². The van der Waals surface area contributed by atoms with Gasteiger partial charge in [0, 0.05) is 11.6 Å². The zero-order chi connectivity index (χ0) is 14.9. The Hall–Kier alpha value is -2.28. The van der Waals surface area contributed by atoms with Gasteiger partial charge in [-0.25, -0.2) is 4.79 Å². The average molecular weight is 282 g/mol. The number of nitrogens with zero attached hydrogens (tertiary/aromatic N) is 1. The van der Waals surface area contributed by atoms with Gasteiger partial charge in [0.15, 0.2) is 0 Å².